The number of benzene rings is 1. The Hall–Kier alpha value is -2.05. The van der Waals surface area contributed by atoms with Gasteiger partial charge in [0.25, 0.3) is 0 Å². The third-order valence-electron chi connectivity index (χ3n) is 5.12. The van der Waals surface area contributed by atoms with Crippen molar-refractivity contribution in [3.63, 3.8) is 0 Å². The Labute approximate surface area is 164 Å². The number of hydrogen-bond acceptors (Lipinski definition) is 4. The van der Waals surface area contributed by atoms with Crippen LogP contribution in [0.25, 0.3) is 0 Å². The van der Waals surface area contributed by atoms with Crippen LogP contribution >= 0.6 is 11.6 Å². The number of amides is 2. The monoisotopic (exact) mass is 391 g/mol. The average Bonchev–Trinajstić information content (AvgIpc) is 2.63. The summed E-state index contributed by atoms with van der Waals surface area (Å²) in [7, 11) is 0. The van der Waals surface area contributed by atoms with Gasteiger partial charge in [-0.2, -0.15) is 0 Å². The van der Waals surface area contributed by atoms with Crippen LogP contribution in [-0.2, 0) is 9.53 Å². The zero-order chi connectivity index (χ0) is 19.4. The highest BCUT2D eigenvalue weighted by molar-refractivity contribution is 6.31. The first-order chi connectivity index (χ1) is 13.0. The fourth-order valence-electron chi connectivity index (χ4n) is 3.58. The van der Waals surface area contributed by atoms with Crippen LogP contribution in [0.4, 0.5) is 4.79 Å². The lowest BCUT2D eigenvalue weighted by Gasteiger charge is -2.34. The van der Waals surface area contributed by atoms with E-state index < -0.39 is 12.0 Å². The van der Waals surface area contributed by atoms with Crippen LogP contribution in [0.1, 0.15) is 38.3 Å². The summed E-state index contributed by atoms with van der Waals surface area (Å²) in [6.07, 6.45) is 2.23. The molecule has 1 saturated heterocycles. The Morgan fingerprint density at radius 3 is 2.67 bits per heavy atom. The number of urea groups is 1. The summed E-state index contributed by atoms with van der Waals surface area (Å²) < 4.78 is 5.29. The predicted octanol–water partition coefficient (Wildman–Crippen LogP) is 3.24. The highest BCUT2D eigenvalue weighted by atomic mass is 35.5. The number of carbonyl (C=O) groups excluding carboxylic acids is 2. The minimum atomic E-state index is -0.634. The second-order valence-electron chi connectivity index (χ2n) is 7.12. The van der Waals surface area contributed by atoms with Gasteiger partial charge in [-0.3, -0.25) is 4.90 Å². The van der Waals surface area contributed by atoms with Crippen LogP contribution in [-0.4, -0.2) is 43.1 Å². The van der Waals surface area contributed by atoms with Gasteiger partial charge in [-0.25, -0.2) is 9.59 Å². The molecule has 146 valence electrons. The fourth-order valence-corrected chi connectivity index (χ4v) is 3.82. The zero-order valence-corrected chi connectivity index (χ0v) is 16.5. The molecule has 0 unspecified atom stereocenters. The van der Waals surface area contributed by atoms with Crippen molar-refractivity contribution in [2.24, 2.45) is 5.92 Å². The maximum atomic E-state index is 12.8. The highest BCUT2D eigenvalue weighted by Crippen LogP contribution is 2.32. The molecular weight excluding hydrogens is 366 g/mol. The van der Waals surface area contributed by atoms with Crippen molar-refractivity contribution in [2.75, 3.05) is 26.2 Å². The number of likely N-dealkylation sites (tertiary alicyclic amines) is 1. The van der Waals surface area contributed by atoms with Gasteiger partial charge in [0.05, 0.1) is 18.2 Å². The van der Waals surface area contributed by atoms with Gasteiger partial charge in [0.2, 0.25) is 0 Å². The molecule has 0 aromatic heterocycles. The van der Waals surface area contributed by atoms with Crippen molar-refractivity contribution < 1.29 is 14.3 Å². The van der Waals surface area contributed by atoms with Crippen molar-refractivity contribution in [1.82, 2.24) is 15.5 Å². The molecule has 0 spiro atoms. The maximum absolute atomic E-state index is 12.8. The topological polar surface area (TPSA) is 70.7 Å². The van der Waals surface area contributed by atoms with Gasteiger partial charge in [-0.1, -0.05) is 36.7 Å². The molecule has 6 nitrogen and oxygen atoms in total. The first kappa shape index (κ1) is 19.7. The van der Waals surface area contributed by atoms with Crippen LogP contribution in [0.2, 0.25) is 5.02 Å². The van der Waals surface area contributed by atoms with E-state index in [1.807, 2.05) is 18.2 Å². The van der Waals surface area contributed by atoms with E-state index in [0.29, 0.717) is 34.3 Å². The number of ether oxygens (including phenoxy) is 1. The molecule has 1 aromatic carbocycles. The van der Waals surface area contributed by atoms with Gasteiger partial charge in [-0.05, 0) is 50.4 Å². The van der Waals surface area contributed by atoms with E-state index >= 15 is 0 Å². The number of nitrogens with one attached hydrogen (secondary N) is 2. The lowest BCUT2D eigenvalue weighted by molar-refractivity contribution is -0.139. The Kier molecular flexibility index (Phi) is 6.39. The normalized spacial score (nSPS) is 21.6. The molecule has 1 atom stereocenters. The second-order valence-corrected chi connectivity index (χ2v) is 7.53. The summed E-state index contributed by atoms with van der Waals surface area (Å²) in [5.74, 6) is 0.272. The van der Waals surface area contributed by atoms with E-state index in [-0.39, 0.29) is 12.6 Å². The molecule has 2 N–H and O–H groups in total. The lowest BCUT2D eigenvalue weighted by atomic mass is 9.94. The predicted molar refractivity (Wildman–Crippen MR) is 104 cm³/mol. The molecule has 0 aliphatic carbocycles. The molecule has 0 bridgehead atoms. The molecule has 2 amide bonds. The molecule has 0 radical (unpaired) electrons. The van der Waals surface area contributed by atoms with E-state index in [1.165, 1.54) is 0 Å². The van der Waals surface area contributed by atoms with Crippen molar-refractivity contribution in [1.29, 1.82) is 0 Å². The molecule has 1 fully saturated rings. The Bertz CT molecular complexity index is 742. The molecule has 0 saturated carbocycles. The fraction of sp³-hybridized carbons (Fsp3) is 0.500. The van der Waals surface area contributed by atoms with E-state index in [2.05, 4.69) is 22.5 Å². The minimum absolute atomic E-state index is 0.264. The van der Waals surface area contributed by atoms with Crippen molar-refractivity contribution in [3.8, 4) is 0 Å². The summed E-state index contributed by atoms with van der Waals surface area (Å²) in [4.78, 5) is 27.4. The molecule has 27 heavy (non-hydrogen) atoms. The van der Waals surface area contributed by atoms with Gasteiger partial charge in [0, 0.05) is 17.3 Å². The summed E-state index contributed by atoms with van der Waals surface area (Å²) in [5.41, 5.74) is 1.70. The first-order valence-electron chi connectivity index (χ1n) is 9.44. The van der Waals surface area contributed by atoms with Gasteiger partial charge in [0.15, 0.2) is 0 Å². The number of carbonyl (C=O) groups is 2. The Balaban J connectivity index is 1.97. The number of halogens is 1. The van der Waals surface area contributed by atoms with E-state index in [4.69, 9.17) is 16.3 Å². The number of rotatable bonds is 5. The number of piperidine rings is 1. The summed E-state index contributed by atoms with van der Waals surface area (Å²) in [6, 6.07) is 6.25. The highest BCUT2D eigenvalue weighted by Gasteiger charge is 2.35. The largest absolute Gasteiger partial charge is 0.463 e. The maximum Gasteiger partial charge on any atom is 0.338 e. The van der Waals surface area contributed by atoms with Crippen molar-refractivity contribution >= 4 is 23.6 Å². The number of nitrogens with zero attached hydrogens (tertiary/aromatic N) is 1. The quantitative estimate of drug-likeness (QED) is 0.756. The first-order valence-corrected chi connectivity index (χ1v) is 9.81. The van der Waals surface area contributed by atoms with Crippen LogP contribution < -0.4 is 10.6 Å². The lowest BCUT2D eigenvalue weighted by Crippen LogP contribution is -2.49. The molecule has 7 heteroatoms. The van der Waals surface area contributed by atoms with E-state index in [0.717, 1.165) is 25.9 Å². The van der Waals surface area contributed by atoms with Crippen molar-refractivity contribution in [2.45, 2.75) is 32.7 Å². The smallest absolute Gasteiger partial charge is 0.338 e. The van der Waals surface area contributed by atoms with Gasteiger partial charge >= 0.3 is 12.0 Å². The van der Waals surface area contributed by atoms with E-state index in [1.54, 1.807) is 13.0 Å². The van der Waals surface area contributed by atoms with E-state index in [9.17, 15) is 9.59 Å². The second kappa shape index (κ2) is 8.76. The third-order valence-corrected chi connectivity index (χ3v) is 5.47. The SMILES string of the molecule is CCOC(=O)C1=C(CN2CCC(C)CC2)NC(=O)N[C@H]1c1ccccc1Cl. The minimum Gasteiger partial charge on any atom is -0.463 e. The molecule has 2 aliphatic heterocycles. The summed E-state index contributed by atoms with van der Waals surface area (Å²) in [6.45, 7) is 6.68. The summed E-state index contributed by atoms with van der Waals surface area (Å²) >= 11 is 6.35. The molecule has 2 heterocycles. The molecule has 3 rings (SSSR count). The molecular formula is C20H26ClN3O3. The number of hydrogen-bond donors (Lipinski definition) is 2. The van der Waals surface area contributed by atoms with Gasteiger partial charge < -0.3 is 15.4 Å². The Morgan fingerprint density at radius 1 is 1.30 bits per heavy atom. The Morgan fingerprint density at radius 2 is 2.00 bits per heavy atom. The van der Waals surface area contributed by atoms with Crippen LogP contribution in [0.15, 0.2) is 35.5 Å². The molecule has 2 aliphatic rings. The van der Waals surface area contributed by atoms with Crippen LogP contribution in [0.3, 0.4) is 0 Å². The standard InChI is InChI=1S/C20H26ClN3O3/c1-3-27-19(25)17-16(12-24-10-8-13(2)9-11-24)22-20(26)23-18(17)14-6-4-5-7-15(14)21/h4-7,13,18H,3,8-12H2,1-2H3,(H2,22,23,26)/t18-/m0/s1. The van der Waals surface area contributed by atoms with Crippen LogP contribution in [0, 0.1) is 5.92 Å². The van der Waals surface area contributed by atoms with Gasteiger partial charge in [0.1, 0.15) is 0 Å². The van der Waals surface area contributed by atoms with Crippen molar-refractivity contribution in [3.05, 3.63) is 46.1 Å². The van der Waals surface area contributed by atoms with Crippen LogP contribution in [0.5, 0.6) is 0 Å². The van der Waals surface area contributed by atoms with Gasteiger partial charge in [-0.15, -0.1) is 0 Å². The molecule has 1 aromatic rings. The summed E-state index contributed by atoms with van der Waals surface area (Å²) in [5, 5.41) is 6.15. The average molecular weight is 392 g/mol. The zero-order valence-electron chi connectivity index (χ0n) is 15.8. The third kappa shape index (κ3) is 4.62. The number of esters is 1.